The molecule has 2 bridgehead atoms. The van der Waals surface area contributed by atoms with E-state index in [-0.39, 0.29) is 0 Å². The summed E-state index contributed by atoms with van der Waals surface area (Å²) in [6, 6.07) is 1.69. The summed E-state index contributed by atoms with van der Waals surface area (Å²) in [5, 5.41) is 3.98. The van der Waals surface area contributed by atoms with Gasteiger partial charge in [-0.05, 0) is 63.5 Å². The molecule has 2 heteroatoms. The fourth-order valence-corrected chi connectivity index (χ4v) is 3.90. The third kappa shape index (κ3) is 2.28. The normalized spacial score (nSPS) is 48.2. The van der Waals surface area contributed by atoms with Crippen LogP contribution in [0.2, 0.25) is 0 Å². The van der Waals surface area contributed by atoms with Crippen molar-refractivity contribution in [3.8, 4) is 0 Å². The zero-order valence-corrected chi connectivity index (χ0v) is 10.6. The average Bonchev–Trinajstić information content (AvgIpc) is 2.69. The summed E-state index contributed by atoms with van der Waals surface area (Å²) in [4.78, 5) is 2.64. The van der Waals surface area contributed by atoms with E-state index in [9.17, 15) is 0 Å². The smallest absolute Gasteiger partial charge is 0.0123 e. The van der Waals surface area contributed by atoms with Crippen LogP contribution in [0.3, 0.4) is 0 Å². The maximum absolute atomic E-state index is 3.98. The second-order valence-electron chi connectivity index (χ2n) is 6.37. The van der Waals surface area contributed by atoms with Gasteiger partial charge in [0, 0.05) is 18.6 Å². The Balaban J connectivity index is 1.50. The Morgan fingerprint density at radius 3 is 2.50 bits per heavy atom. The Bertz CT molecular complexity index is 233. The van der Waals surface area contributed by atoms with Gasteiger partial charge in [-0.25, -0.2) is 0 Å². The van der Waals surface area contributed by atoms with E-state index in [1.807, 2.05) is 0 Å². The quantitative estimate of drug-likeness (QED) is 0.771. The lowest BCUT2D eigenvalue weighted by atomic mass is 9.85. The van der Waals surface area contributed by atoms with Crippen molar-refractivity contribution in [2.45, 2.75) is 57.5 Å². The molecule has 3 rings (SSSR count). The van der Waals surface area contributed by atoms with Crippen LogP contribution in [0, 0.1) is 11.8 Å². The number of rotatable bonds is 2. The third-order valence-corrected chi connectivity index (χ3v) is 5.10. The molecule has 0 spiro atoms. The molecule has 2 heterocycles. The molecule has 3 atom stereocenters. The Morgan fingerprint density at radius 1 is 0.938 bits per heavy atom. The van der Waals surface area contributed by atoms with Crippen molar-refractivity contribution in [2.75, 3.05) is 19.6 Å². The molecule has 3 unspecified atom stereocenters. The highest BCUT2D eigenvalue weighted by Gasteiger charge is 2.35. The van der Waals surface area contributed by atoms with Gasteiger partial charge in [-0.2, -0.15) is 0 Å². The molecule has 2 aliphatic heterocycles. The molecular weight excluding hydrogens is 196 g/mol. The van der Waals surface area contributed by atoms with Gasteiger partial charge in [-0.1, -0.05) is 6.92 Å². The van der Waals surface area contributed by atoms with Crippen molar-refractivity contribution in [1.82, 2.24) is 10.2 Å². The molecule has 0 radical (unpaired) electrons. The lowest BCUT2D eigenvalue weighted by molar-refractivity contribution is 0.191. The number of hydrogen-bond donors (Lipinski definition) is 1. The van der Waals surface area contributed by atoms with Gasteiger partial charge in [0.2, 0.25) is 0 Å². The fraction of sp³-hybridized carbons (Fsp3) is 1.00. The monoisotopic (exact) mass is 222 g/mol. The summed E-state index contributed by atoms with van der Waals surface area (Å²) in [6.45, 7) is 6.49. The first-order valence-corrected chi connectivity index (χ1v) is 7.29. The number of nitrogens with one attached hydrogen (secondary N) is 1. The van der Waals surface area contributed by atoms with Gasteiger partial charge in [0.05, 0.1) is 0 Å². The maximum Gasteiger partial charge on any atom is 0.0123 e. The van der Waals surface area contributed by atoms with E-state index in [0.29, 0.717) is 0 Å². The third-order valence-electron chi connectivity index (χ3n) is 5.10. The predicted molar refractivity (Wildman–Crippen MR) is 67.5 cm³/mol. The van der Waals surface area contributed by atoms with Crippen molar-refractivity contribution in [3.63, 3.8) is 0 Å². The summed E-state index contributed by atoms with van der Waals surface area (Å²) < 4.78 is 0. The first kappa shape index (κ1) is 11.0. The summed E-state index contributed by atoms with van der Waals surface area (Å²) in [5.74, 6) is 1.94. The van der Waals surface area contributed by atoms with Crippen molar-refractivity contribution < 1.29 is 0 Å². The van der Waals surface area contributed by atoms with Crippen molar-refractivity contribution in [3.05, 3.63) is 0 Å². The minimum Gasteiger partial charge on any atom is -0.311 e. The Kier molecular flexibility index (Phi) is 3.21. The molecular formula is C14H26N2. The van der Waals surface area contributed by atoms with Crippen LogP contribution in [-0.4, -0.2) is 36.6 Å². The van der Waals surface area contributed by atoms with Crippen LogP contribution in [0.4, 0.5) is 0 Å². The van der Waals surface area contributed by atoms with Crippen molar-refractivity contribution in [1.29, 1.82) is 0 Å². The molecule has 3 aliphatic rings. The van der Waals surface area contributed by atoms with Crippen LogP contribution in [-0.2, 0) is 0 Å². The minimum absolute atomic E-state index is 0.841. The molecule has 1 saturated carbocycles. The molecule has 0 aromatic rings. The Labute approximate surface area is 99.8 Å². The van der Waals surface area contributed by atoms with Gasteiger partial charge in [-0.3, -0.25) is 0 Å². The zero-order valence-electron chi connectivity index (χ0n) is 10.6. The summed E-state index contributed by atoms with van der Waals surface area (Å²) >= 11 is 0. The van der Waals surface area contributed by atoms with E-state index < -0.39 is 0 Å². The van der Waals surface area contributed by atoms with Crippen LogP contribution in [0.15, 0.2) is 0 Å². The first-order chi connectivity index (χ1) is 7.81. The number of fused-ring (bicyclic) bond motifs is 2. The molecule has 0 aromatic heterocycles. The van der Waals surface area contributed by atoms with E-state index >= 15 is 0 Å². The molecule has 16 heavy (non-hydrogen) atoms. The highest BCUT2D eigenvalue weighted by molar-refractivity contribution is 4.92. The van der Waals surface area contributed by atoms with Crippen LogP contribution in [0.1, 0.15) is 45.4 Å². The van der Waals surface area contributed by atoms with E-state index in [1.54, 1.807) is 0 Å². The molecule has 1 aliphatic carbocycles. The SMILES string of the molecule is CC1CCC(NC2CCN3CCC2C3)CC1. The molecule has 2 nitrogen and oxygen atoms in total. The molecule has 1 N–H and O–H groups in total. The maximum atomic E-state index is 3.98. The lowest BCUT2D eigenvalue weighted by Gasteiger charge is -2.36. The minimum atomic E-state index is 0.841. The first-order valence-electron chi connectivity index (χ1n) is 7.29. The van der Waals surface area contributed by atoms with Gasteiger partial charge in [0.25, 0.3) is 0 Å². The van der Waals surface area contributed by atoms with Crippen molar-refractivity contribution >= 4 is 0 Å². The largest absolute Gasteiger partial charge is 0.311 e. The summed E-state index contributed by atoms with van der Waals surface area (Å²) in [5.41, 5.74) is 0. The summed E-state index contributed by atoms with van der Waals surface area (Å²) in [7, 11) is 0. The van der Waals surface area contributed by atoms with E-state index in [0.717, 1.165) is 23.9 Å². The van der Waals surface area contributed by atoms with E-state index in [1.165, 1.54) is 58.2 Å². The van der Waals surface area contributed by atoms with Crippen LogP contribution >= 0.6 is 0 Å². The average molecular weight is 222 g/mol. The molecule has 3 fully saturated rings. The fourth-order valence-electron chi connectivity index (χ4n) is 3.90. The Morgan fingerprint density at radius 2 is 1.69 bits per heavy atom. The van der Waals surface area contributed by atoms with Crippen LogP contribution in [0.5, 0.6) is 0 Å². The van der Waals surface area contributed by atoms with Crippen molar-refractivity contribution in [2.24, 2.45) is 11.8 Å². The van der Waals surface area contributed by atoms with Crippen LogP contribution < -0.4 is 5.32 Å². The lowest BCUT2D eigenvalue weighted by Crippen LogP contribution is -2.48. The second-order valence-corrected chi connectivity index (χ2v) is 6.37. The standard InChI is InChI=1S/C14H26N2/c1-11-2-4-13(5-3-11)15-14-7-9-16-8-6-12(14)10-16/h11-15H,2-10H2,1H3. The van der Waals surface area contributed by atoms with E-state index in [2.05, 4.69) is 17.1 Å². The molecule has 92 valence electrons. The van der Waals surface area contributed by atoms with E-state index in [4.69, 9.17) is 0 Å². The molecule has 0 aromatic carbocycles. The van der Waals surface area contributed by atoms with Crippen LogP contribution in [0.25, 0.3) is 0 Å². The molecule has 0 amide bonds. The highest BCUT2D eigenvalue weighted by Crippen LogP contribution is 2.30. The number of piperidine rings is 1. The van der Waals surface area contributed by atoms with Gasteiger partial charge in [0.15, 0.2) is 0 Å². The van der Waals surface area contributed by atoms with Gasteiger partial charge in [-0.15, -0.1) is 0 Å². The van der Waals surface area contributed by atoms with Gasteiger partial charge in [0.1, 0.15) is 0 Å². The van der Waals surface area contributed by atoms with Gasteiger partial charge >= 0.3 is 0 Å². The highest BCUT2D eigenvalue weighted by atomic mass is 15.2. The molecule has 2 saturated heterocycles. The zero-order chi connectivity index (χ0) is 11.0. The summed E-state index contributed by atoms with van der Waals surface area (Å²) in [6.07, 6.45) is 8.59. The topological polar surface area (TPSA) is 15.3 Å². The number of nitrogens with zero attached hydrogens (tertiary/aromatic N) is 1. The predicted octanol–water partition coefficient (Wildman–Crippen LogP) is 2.25. The second kappa shape index (κ2) is 4.66. The van der Waals surface area contributed by atoms with Gasteiger partial charge < -0.3 is 10.2 Å². The Hall–Kier alpha value is -0.0800. The number of hydrogen-bond acceptors (Lipinski definition) is 2.